The van der Waals surface area contributed by atoms with Crippen LogP contribution < -0.4 is 4.90 Å². The zero-order valence-corrected chi connectivity index (χ0v) is 11.2. The molecule has 0 spiro atoms. The quantitative estimate of drug-likeness (QED) is 0.614. The van der Waals surface area contributed by atoms with E-state index in [1.54, 1.807) is 0 Å². The second kappa shape index (κ2) is 3.64. The summed E-state index contributed by atoms with van der Waals surface area (Å²) in [4.78, 5) is 14.8. The predicted octanol–water partition coefficient (Wildman–Crippen LogP) is 3.54. The van der Waals surface area contributed by atoms with Crippen LogP contribution in [-0.2, 0) is 0 Å². The summed E-state index contributed by atoms with van der Waals surface area (Å²) in [7, 11) is 0. The average Bonchev–Trinajstić information content (AvgIpc) is 3.12. The van der Waals surface area contributed by atoms with Crippen molar-refractivity contribution >= 4 is 11.6 Å². The summed E-state index contributed by atoms with van der Waals surface area (Å²) >= 11 is 0. The standard InChI is InChI=1S/C18H12N2O/c21-18-13-7-2-1-6-12(13)17-16-10-5-11-19(16)14-8-3-4-9-15(14)20(17)18/h1-11,17H. The van der Waals surface area contributed by atoms with Crippen molar-refractivity contribution in [1.82, 2.24) is 4.57 Å². The molecule has 1 aromatic heterocycles. The third kappa shape index (κ3) is 1.21. The summed E-state index contributed by atoms with van der Waals surface area (Å²) in [6.45, 7) is 0. The second-order valence-electron chi connectivity index (χ2n) is 5.46. The van der Waals surface area contributed by atoms with Crippen LogP contribution in [0.5, 0.6) is 0 Å². The zero-order chi connectivity index (χ0) is 14.0. The highest BCUT2D eigenvalue weighted by Gasteiger charge is 2.43. The fourth-order valence-electron chi connectivity index (χ4n) is 3.56. The van der Waals surface area contributed by atoms with Gasteiger partial charge >= 0.3 is 0 Å². The number of para-hydroxylation sites is 2. The fourth-order valence-corrected chi connectivity index (χ4v) is 3.56. The van der Waals surface area contributed by atoms with Crippen molar-refractivity contribution < 1.29 is 4.79 Å². The molecular weight excluding hydrogens is 260 g/mol. The SMILES string of the molecule is O=C1c2ccccc2C2c3cccn3-c3ccccc3N12. The van der Waals surface area contributed by atoms with Gasteiger partial charge < -0.3 is 4.57 Å². The van der Waals surface area contributed by atoms with Gasteiger partial charge in [-0.15, -0.1) is 0 Å². The highest BCUT2D eigenvalue weighted by Crippen LogP contribution is 2.47. The van der Waals surface area contributed by atoms with Gasteiger partial charge in [0, 0.05) is 11.8 Å². The number of carbonyl (C=O) groups excluding carboxylic acids is 1. The summed E-state index contributed by atoms with van der Waals surface area (Å²) in [6.07, 6.45) is 2.07. The highest BCUT2D eigenvalue weighted by molar-refractivity contribution is 6.13. The second-order valence-corrected chi connectivity index (χ2v) is 5.46. The van der Waals surface area contributed by atoms with Crippen molar-refractivity contribution in [2.75, 3.05) is 4.90 Å². The molecule has 0 radical (unpaired) electrons. The minimum Gasteiger partial charge on any atom is -0.316 e. The predicted molar refractivity (Wildman–Crippen MR) is 80.9 cm³/mol. The monoisotopic (exact) mass is 272 g/mol. The normalized spacial score (nSPS) is 18.0. The summed E-state index contributed by atoms with van der Waals surface area (Å²) < 4.78 is 2.19. The van der Waals surface area contributed by atoms with Crippen molar-refractivity contribution in [2.24, 2.45) is 0 Å². The zero-order valence-electron chi connectivity index (χ0n) is 11.2. The molecule has 0 bridgehead atoms. The summed E-state index contributed by atoms with van der Waals surface area (Å²) in [6, 6.07) is 20.1. The number of nitrogens with zero attached hydrogens (tertiary/aromatic N) is 2. The average molecular weight is 272 g/mol. The number of amides is 1. The van der Waals surface area contributed by atoms with Crippen LogP contribution in [0.4, 0.5) is 5.69 Å². The van der Waals surface area contributed by atoms with E-state index in [2.05, 4.69) is 29.0 Å². The number of fused-ring (bicyclic) bond motifs is 8. The molecule has 0 N–H and O–H groups in total. The van der Waals surface area contributed by atoms with Gasteiger partial charge in [0.25, 0.3) is 5.91 Å². The number of carbonyl (C=O) groups is 1. The highest BCUT2D eigenvalue weighted by atomic mass is 16.2. The Morgan fingerprint density at radius 2 is 1.57 bits per heavy atom. The van der Waals surface area contributed by atoms with Gasteiger partial charge in [-0.05, 0) is 35.9 Å². The van der Waals surface area contributed by atoms with Gasteiger partial charge in [-0.1, -0.05) is 30.3 Å². The molecular formula is C18H12N2O. The number of hydrogen-bond donors (Lipinski definition) is 0. The van der Waals surface area contributed by atoms with Crippen molar-refractivity contribution in [3.63, 3.8) is 0 Å². The Bertz CT molecular complexity index is 893. The summed E-state index contributed by atoms with van der Waals surface area (Å²) in [5.41, 5.74) is 5.10. The number of aromatic nitrogens is 1. The Labute approximate surface area is 122 Å². The molecule has 2 aliphatic heterocycles. The molecule has 3 heteroatoms. The molecule has 0 saturated heterocycles. The number of benzene rings is 2. The topological polar surface area (TPSA) is 25.2 Å². The van der Waals surface area contributed by atoms with E-state index >= 15 is 0 Å². The first-order valence-electron chi connectivity index (χ1n) is 7.05. The summed E-state index contributed by atoms with van der Waals surface area (Å²) in [5.74, 6) is 0.0931. The molecule has 3 nitrogen and oxygen atoms in total. The fraction of sp³-hybridized carbons (Fsp3) is 0.0556. The van der Waals surface area contributed by atoms with Crippen molar-refractivity contribution in [2.45, 2.75) is 6.04 Å². The van der Waals surface area contributed by atoms with Gasteiger partial charge in [-0.25, -0.2) is 0 Å². The number of rotatable bonds is 0. The molecule has 0 fully saturated rings. The van der Waals surface area contributed by atoms with Crippen LogP contribution in [0, 0.1) is 0 Å². The largest absolute Gasteiger partial charge is 0.316 e. The third-order valence-corrected chi connectivity index (χ3v) is 4.42. The summed E-state index contributed by atoms with van der Waals surface area (Å²) in [5, 5.41) is 0. The third-order valence-electron chi connectivity index (χ3n) is 4.42. The molecule has 100 valence electrons. The van der Waals surface area contributed by atoms with Crippen LogP contribution in [-0.4, -0.2) is 10.5 Å². The van der Waals surface area contributed by atoms with Gasteiger partial charge in [0.2, 0.25) is 0 Å². The molecule has 0 aliphatic carbocycles. The smallest absolute Gasteiger partial charge is 0.259 e. The lowest BCUT2D eigenvalue weighted by Crippen LogP contribution is -2.33. The Kier molecular flexibility index (Phi) is 1.89. The van der Waals surface area contributed by atoms with Crippen LogP contribution in [0.3, 0.4) is 0 Å². The van der Waals surface area contributed by atoms with Crippen LogP contribution in [0.15, 0.2) is 66.9 Å². The minimum atomic E-state index is -0.0152. The van der Waals surface area contributed by atoms with Gasteiger partial charge in [0.1, 0.15) is 6.04 Å². The maximum absolute atomic E-state index is 12.8. The van der Waals surface area contributed by atoms with E-state index in [4.69, 9.17) is 0 Å². The molecule has 0 saturated carbocycles. The van der Waals surface area contributed by atoms with Crippen LogP contribution in [0.25, 0.3) is 5.69 Å². The van der Waals surface area contributed by atoms with E-state index in [1.807, 2.05) is 47.4 Å². The van der Waals surface area contributed by atoms with Crippen LogP contribution in [0.2, 0.25) is 0 Å². The van der Waals surface area contributed by atoms with E-state index < -0.39 is 0 Å². The molecule has 3 aromatic rings. The van der Waals surface area contributed by atoms with E-state index in [0.717, 1.165) is 28.2 Å². The Hall–Kier alpha value is -2.81. The Balaban J connectivity index is 1.89. The molecule has 3 heterocycles. The van der Waals surface area contributed by atoms with E-state index in [0.29, 0.717) is 0 Å². The van der Waals surface area contributed by atoms with Crippen LogP contribution >= 0.6 is 0 Å². The van der Waals surface area contributed by atoms with E-state index in [9.17, 15) is 4.79 Å². The molecule has 1 amide bonds. The lowest BCUT2D eigenvalue weighted by atomic mass is 10.0. The van der Waals surface area contributed by atoms with Crippen molar-refractivity contribution in [1.29, 1.82) is 0 Å². The van der Waals surface area contributed by atoms with Gasteiger partial charge in [-0.3, -0.25) is 9.69 Å². The van der Waals surface area contributed by atoms with Crippen molar-refractivity contribution in [3.05, 3.63) is 83.7 Å². The lowest BCUT2D eigenvalue weighted by Gasteiger charge is -2.33. The van der Waals surface area contributed by atoms with Crippen LogP contribution in [0.1, 0.15) is 27.7 Å². The Morgan fingerprint density at radius 3 is 2.48 bits per heavy atom. The lowest BCUT2D eigenvalue weighted by molar-refractivity contribution is 0.0992. The minimum absolute atomic E-state index is 0.0152. The van der Waals surface area contributed by atoms with Crippen molar-refractivity contribution in [3.8, 4) is 5.69 Å². The number of hydrogen-bond acceptors (Lipinski definition) is 1. The first-order chi connectivity index (χ1) is 10.4. The van der Waals surface area contributed by atoms with Gasteiger partial charge in [-0.2, -0.15) is 0 Å². The van der Waals surface area contributed by atoms with Gasteiger partial charge in [0.05, 0.1) is 17.1 Å². The maximum atomic E-state index is 12.8. The number of anilines is 1. The van der Waals surface area contributed by atoms with E-state index in [1.165, 1.54) is 0 Å². The van der Waals surface area contributed by atoms with Gasteiger partial charge in [0.15, 0.2) is 0 Å². The molecule has 21 heavy (non-hydrogen) atoms. The van der Waals surface area contributed by atoms with E-state index in [-0.39, 0.29) is 11.9 Å². The first-order valence-corrected chi connectivity index (χ1v) is 7.05. The molecule has 2 aromatic carbocycles. The maximum Gasteiger partial charge on any atom is 0.259 e. The molecule has 1 atom stereocenters. The Morgan fingerprint density at radius 1 is 0.810 bits per heavy atom. The molecule has 1 unspecified atom stereocenters. The molecule has 2 aliphatic rings. The first kappa shape index (κ1) is 10.9. The molecule has 5 rings (SSSR count).